The van der Waals surface area contributed by atoms with Crippen molar-refractivity contribution in [3.05, 3.63) is 0 Å². The van der Waals surface area contributed by atoms with Crippen molar-refractivity contribution in [2.24, 2.45) is 0 Å². The molecule has 8 nitrogen and oxygen atoms in total. The zero-order chi connectivity index (χ0) is 16.0. The predicted molar refractivity (Wildman–Crippen MR) is 90.1 cm³/mol. The van der Waals surface area contributed by atoms with Crippen LogP contribution in [0.25, 0.3) is 0 Å². The van der Waals surface area contributed by atoms with Crippen LogP contribution in [0.3, 0.4) is 0 Å². The summed E-state index contributed by atoms with van der Waals surface area (Å²) >= 11 is 0. The van der Waals surface area contributed by atoms with Crippen LogP contribution in [0.5, 0.6) is 0 Å². The van der Waals surface area contributed by atoms with Gasteiger partial charge in [0.1, 0.15) is 0 Å². The third-order valence-corrected chi connectivity index (χ3v) is 2.06. The monoisotopic (exact) mass is 356 g/mol. The number of carboxylic acid groups (broad SMARTS) is 4. The standard InChI is InChI=1S/2C6H10O4.2H4Si/c2*7-5(8)3-1-2-4-6(9)10;;/h2*1-4H2,(H,7,8)(H,9,10);2*1H4. The van der Waals surface area contributed by atoms with E-state index < -0.39 is 23.9 Å². The van der Waals surface area contributed by atoms with E-state index in [9.17, 15) is 19.2 Å². The van der Waals surface area contributed by atoms with Gasteiger partial charge in [-0.15, -0.1) is 0 Å². The van der Waals surface area contributed by atoms with Gasteiger partial charge in [-0.2, -0.15) is 0 Å². The van der Waals surface area contributed by atoms with Crippen molar-refractivity contribution in [3.8, 4) is 0 Å². The lowest BCUT2D eigenvalue weighted by Crippen LogP contribution is -1.97. The number of unbranched alkanes of at least 4 members (excludes halogenated alkanes) is 2. The maximum atomic E-state index is 9.90. The van der Waals surface area contributed by atoms with Crippen molar-refractivity contribution in [1.82, 2.24) is 0 Å². The van der Waals surface area contributed by atoms with Crippen LogP contribution in [0.2, 0.25) is 0 Å². The molecule has 0 aromatic heterocycles. The SMILES string of the molecule is O=C(O)CCCCC(=O)O.O=C(O)CCCCC(=O)O.[SiH4].[SiH4]. The molecule has 0 amide bonds. The first-order chi connectivity index (χ1) is 9.25. The summed E-state index contributed by atoms with van der Waals surface area (Å²) < 4.78 is 0. The Labute approximate surface area is 137 Å². The van der Waals surface area contributed by atoms with Crippen LogP contribution in [0.4, 0.5) is 0 Å². The van der Waals surface area contributed by atoms with Crippen molar-refractivity contribution in [2.75, 3.05) is 0 Å². The minimum absolute atomic E-state index is 0. The summed E-state index contributed by atoms with van der Waals surface area (Å²) in [5.41, 5.74) is 0. The highest BCUT2D eigenvalue weighted by atomic mass is 28.1. The molecular weight excluding hydrogens is 328 g/mol. The third-order valence-electron chi connectivity index (χ3n) is 2.06. The molecule has 0 aliphatic rings. The summed E-state index contributed by atoms with van der Waals surface area (Å²) in [5, 5.41) is 32.5. The number of hydrogen-bond acceptors (Lipinski definition) is 4. The maximum absolute atomic E-state index is 9.90. The number of aliphatic carboxylic acids is 4. The zero-order valence-corrected chi connectivity index (χ0v) is 11.1. The molecule has 0 aliphatic carbocycles. The fourth-order valence-electron chi connectivity index (χ4n) is 1.10. The first-order valence-electron chi connectivity index (χ1n) is 6.13. The Kier molecular flexibility index (Phi) is 25.0. The second-order valence-corrected chi connectivity index (χ2v) is 3.99. The van der Waals surface area contributed by atoms with Gasteiger partial charge in [-0.05, 0) is 47.6 Å². The van der Waals surface area contributed by atoms with E-state index in [-0.39, 0.29) is 47.6 Å². The number of carbonyl (C=O) groups is 4. The van der Waals surface area contributed by atoms with Crippen LogP contribution < -0.4 is 0 Å². The second kappa shape index (κ2) is 19.3. The molecule has 0 radical (unpaired) electrons. The van der Waals surface area contributed by atoms with Gasteiger partial charge in [-0.3, -0.25) is 19.2 Å². The van der Waals surface area contributed by atoms with Crippen LogP contribution in [0.15, 0.2) is 0 Å². The Morgan fingerprint density at radius 3 is 0.682 bits per heavy atom. The summed E-state index contributed by atoms with van der Waals surface area (Å²) in [6.07, 6.45) is 2.04. The van der Waals surface area contributed by atoms with Crippen molar-refractivity contribution in [1.29, 1.82) is 0 Å². The molecule has 0 saturated carbocycles. The van der Waals surface area contributed by atoms with E-state index in [1.807, 2.05) is 0 Å². The van der Waals surface area contributed by atoms with E-state index in [2.05, 4.69) is 0 Å². The molecule has 0 bridgehead atoms. The minimum atomic E-state index is -0.870. The van der Waals surface area contributed by atoms with E-state index >= 15 is 0 Å². The van der Waals surface area contributed by atoms with E-state index in [0.29, 0.717) is 25.7 Å². The van der Waals surface area contributed by atoms with Gasteiger partial charge in [0, 0.05) is 25.7 Å². The molecule has 22 heavy (non-hydrogen) atoms. The largest absolute Gasteiger partial charge is 0.481 e. The highest BCUT2D eigenvalue weighted by Gasteiger charge is 1.99. The molecule has 0 aliphatic heterocycles. The van der Waals surface area contributed by atoms with Gasteiger partial charge in [0.2, 0.25) is 0 Å². The summed E-state index contributed by atoms with van der Waals surface area (Å²) in [6, 6.07) is 0. The maximum Gasteiger partial charge on any atom is 0.303 e. The molecule has 10 heteroatoms. The molecule has 132 valence electrons. The van der Waals surface area contributed by atoms with Gasteiger partial charge < -0.3 is 20.4 Å². The molecule has 4 N–H and O–H groups in total. The Bertz CT molecular complexity index is 269. The smallest absolute Gasteiger partial charge is 0.303 e. The first kappa shape index (κ1) is 28.5. The molecule has 0 spiro atoms. The third kappa shape index (κ3) is 36.2. The van der Waals surface area contributed by atoms with Crippen LogP contribution in [0.1, 0.15) is 51.4 Å². The second-order valence-electron chi connectivity index (χ2n) is 3.99. The quantitative estimate of drug-likeness (QED) is 0.274. The van der Waals surface area contributed by atoms with Gasteiger partial charge in [0.15, 0.2) is 0 Å². The lowest BCUT2D eigenvalue weighted by Gasteiger charge is -1.92. The lowest BCUT2D eigenvalue weighted by molar-refractivity contribution is -0.139. The normalized spacial score (nSPS) is 8.36. The number of carboxylic acids is 4. The molecule has 0 rings (SSSR count). The molecule has 0 aromatic carbocycles. The fourth-order valence-corrected chi connectivity index (χ4v) is 1.10. The van der Waals surface area contributed by atoms with E-state index in [1.165, 1.54) is 0 Å². The molecule has 0 heterocycles. The van der Waals surface area contributed by atoms with Gasteiger partial charge in [-0.1, -0.05) is 0 Å². The molecule has 0 fully saturated rings. The Hall–Kier alpha value is -1.69. The van der Waals surface area contributed by atoms with Crippen LogP contribution in [-0.4, -0.2) is 66.2 Å². The van der Waals surface area contributed by atoms with Crippen molar-refractivity contribution in [2.45, 2.75) is 51.4 Å². The van der Waals surface area contributed by atoms with Crippen LogP contribution in [-0.2, 0) is 19.2 Å². The van der Waals surface area contributed by atoms with Crippen molar-refractivity contribution >= 4 is 45.8 Å². The minimum Gasteiger partial charge on any atom is -0.481 e. The van der Waals surface area contributed by atoms with Gasteiger partial charge in [-0.25, -0.2) is 0 Å². The molecular formula is C12H28O8Si2. The Balaban J connectivity index is -0.000000135. The van der Waals surface area contributed by atoms with Gasteiger partial charge >= 0.3 is 23.9 Å². The summed E-state index contributed by atoms with van der Waals surface area (Å²) in [7, 11) is 0. The lowest BCUT2D eigenvalue weighted by atomic mass is 10.2. The summed E-state index contributed by atoms with van der Waals surface area (Å²) in [6.45, 7) is 0. The van der Waals surface area contributed by atoms with Crippen LogP contribution in [0, 0.1) is 0 Å². The molecule has 0 saturated heterocycles. The molecule has 0 aromatic rings. The summed E-state index contributed by atoms with van der Waals surface area (Å²) in [4.78, 5) is 39.6. The van der Waals surface area contributed by atoms with E-state index in [0.717, 1.165) is 0 Å². The average molecular weight is 357 g/mol. The van der Waals surface area contributed by atoms with Gasteiger partial charge in [0.05, 0.1) is 0 Å². The van der Waals surface area contributed by atoms with Gasteiger partial charge in [0.25, 0.3) is 0 Å². The van der Waals surface area contributed by atoms with Crippen LogP contribution >= 0.6 is 0 Å². The van der Waals surface area contributed by atoms with Crippen molar-refractivity contribution in [3.63, 3.8) is 0 Å². The van der Waals surface area contributed by atoms with E-state index in [4.69, 9.17) is 20.4 Å². The Morgan fingerprint density at radius 2 is 0.591 bits per heavy atom. The average Bonchev–Trinajstić information content (AvgIpc) is 2.30. The fraction of sp³-hybridized carbons (Fsp3) is 0.667. The van der Waals surface area contributed by atoms with E-state index in [1.54, 1.807) is 0 Å². The topological polar surface area (TPSA) is 149 Å². The highest BCUT2D eigenvalue weighted by Crippen LogP contribution is 1.99. The summed E-state index contributed by atoms with van der Waals surface area (Å²) in [5.74, 6) is -3.48. The number of hydrogen-bond donors (Lipinski definition) is 4. The zero-order valence-electron chi connectivity index (χ0n) is 11.1. The molecule has 0 unspecified atom stereocenters. The first-order valence-corrected chi connectivity index (χ1v) is 6.13. The number of rotatable bonds is 10. The molecule has 0 atom stereocenters. The van der Waals surface area contributed by atoms with Crippen molar-refractivity contribution < 1.29 is 39.6 Å². The predicted octanol–water partition coefficient (Wildman–Crippen LogP) is -1.47. The highest BCUT2D eigenvalue weighted by molar-refractivity contribution is 5.76. The Morgan fingerprint density at radius 1 is 0.455 bits per heavy atom.